The second kappa shape index (κ2) is 3.21. The van der Waals surface area contributed by atoms with Gasteiger partial charge in [-0.05, 0) is 25.0 Å². The Kier molecular flexibility index (Phi) is 2.28. The predicted octanol–water partition coefficient (Wildman–Crippen LogP) is 0.793. The van der Waals surface area contributed by atoms with E-state index in [1.54, 1.807) is 6.20 Å². The highest BCUT2D eigenvalue weighted by Gasteiger charge is 2.04. The smallest absolute Gasteiger partial charge is 0.189 e. The molecule has 0 aliphatic carbocycles. The van der Waals surface area contributed by atoms with Gasteiger partial charge in [-0.1, -0.05) is 11.2 Å². The zero-order valence-corrected chi connectivity index (χ0v) is 7.07. The maximum Gasteiger partial charge on any atom is 0.189 e. The lowest BCUT2D eigenvalue weighted by Crippen LogP contribution is -2.16. The number of nitrogens with two attached hydrogens (primary N) is 1. The van der Waals surface area contributed by atoms with E-state index in [0.29, 0.717) is 5.69 Å². The van der Waals surface area contributed by atoms with Gasteiger partial charge in [0.05, 0.1) is 0 Å². The predicted molar refractivity (Wildman–Crippen MR) is 46.2 cm³/mol. The van der Waals surface area contributed by atoms with E-state index in [-0.39, 0.29) is 5.84 Å². The van der Waals surface area contributed by atoms with Gasteiger partial charge in [-0.2, -0.15) is 0 Å². The Bertz CT molecular complexity index is 320. The number of amidine groups is 1. The van der Waals surface area contributed by atoms with Gasteiger partial charge in [-0.15, -0.1) is 0 Å². The van der Waals surface area contributed by atoms with Crippen LogP contribution in [0.5, 0.6) is 0 Å². The summed E-state index contributed by atoms with van der Waals surface area (Å²) < 4.78 is 0. The van der Waals surface area contributed by atoms with Crippen molar-refractivity contribution in [3.63, 3.8) is 0 Å². The summed E-state index contributed by atoms with van der Waals surface area (Å²) in [6.07, 6.45) is 1.68. The molecule has 0 bridgehead atoms. The Morgan fingerprint density at radius 1 is 1.58 bits per heavy atom. The molecule has 0 fully saturated rings. The zero-order chi connectivity index (χ0) is 9.14. The molecule has 4 nitrogen and oxygen atoms in total. The summed E-state index contributed by atoms with van der Waals surface area (Å²) in [7, 11) is 0. The van der Waals surface area contributed by atoms with E-state index in [0.717, 1.165) is 11.1 Å². The van der Waals surface area contributed by atoms with Gasteiger partial charge >= 0.3 is 0 Å². The molecule has 1 heterocycles. The van der Waals surface area contributed by atoms with E-state index in [4.69, 9.17) is 10.9 Å². The highest BCUT2D eigenvalue weighted by molar-refractivity contribution is 5.96. The molecule has 3 N–H and O–H groups in total. The van der Waals surface area contributed by atoms with Gasteiger partial charge in [-0.3, -0.25) is 4.98 Å². The van der Waals surface area contributed by atoms with E-state index in [2.05, 4.69) is 10.1 Å². The van der Waals surface area contributed by atoms with Crippen molar-refractivity contribution >= 4 is 5.84 Å². The quantitative estimate of drug-likeness (QED) is 0.280. The molecule has 0 radical (unpaired) electrons. The van der Waals surface area contributed by atoms with E-state index < -0.39 is 0 Å². The largest absolute Gasteiger partial charge is 0.409 e. The van der Waals surface area contributed by atoms with Crippen molar-refractivity contribution in [2.45, 2.75) is 13.8 Å². The van der Waals surface area contributed by atoms with Crippen molar-refractivity contribution in [2.75, 3.05) is 0 Å². The average Bonchev–Trinajstić information content (AvgIpc) is 2.03. The van der Waals surface area contributed by atoms with E-state index in [1.165, 1.54) is 0 Å². The van der Waals surface area contributed by atoms with Crippen LogP contribution in [-0.4, -0.2) is 16.0 Å². The standard InChI is InChI=1S/C8H11N3O/c1-5-3-6(2)7(10-4-5)8(9)11-12/h3-4,12H,1-2H3,(H2,9,11). The van der Waals surface area contributed by atoms with Crippen LogP contribution in [0.3, 0.4) is 0 Å². The summed E-state index contributed by atoms with van der Waals surface area (Å²) in [6, 6.07) is 1.93. The molecule has 12 heavy (non-hydrogen) atoms. The molecular weight excluding hydrogens is 154 g/mol. The summed E-state index contributed by atoms with van der Waals surface area (Å²) in [6.45, 7) is 3.81. The summed E-state index contributed by atoms with van der Waals surface area (Å²) in [5.41, 5.74) is 7.88. The molecule has 0 spiro atoms. The van der Waals surface area contributed by atoms with Crippen LogP contribution in [0.1, 0.15) is 16.8 Å². The average molecular weight is 165 g/mol. The van der Waals surface area contributed by atoms with E-state index in [1.807, 2.05) is 19.9 Å². The Balaban J connectivity index is 3.18. The molecule has 0 saturated heterocycles. The fourth-order valence-electron chi connectivity index (χ4n) is 1.03. The number of aryl methyl sites for hydroxylation is 2. The fraction of sp³-hybridized carbons (Fsp3) is 0.250. The van der Waals surface area contributed by atoms with Gasteiger partial charge in [-0.25, -0.2) is 0 Å². The summed E-state index contributed by atoms with van der Waals surface area (Å²) in [5, 5.41) is 11.3. The minimum absolute atomic E-state index is 0.0486. The van der Waals surface area contributed by atoms with Crippen LogP contribution in [0, 0.1) is 13.8 Å². The first-order chi connectivity index (χ1) is 5.65. The molecule has 1 aromatic rings. The van der Waals surface area contributed by atoms with Crippen LogP contribution in [0.4, 0.5) is 0 Å². The summed E-state index contributed by atoms with van der Waals surface area (Å²) in [5.74, 6) is 0.0486. The van der Waals surface area contributed by atoms with Gasteiger partial charge in [0, 0.05) is 6.20 Å². The van der Waals surface area contributed by atoms with Crippen molar-refractivity contribution in [1.82, 2.24) is 4.98 Å². The minimum Gasteiger partial charge on any atom is -0.409 e. The first-order valence-electron chi connectivity index (χ1n) is 3.56. The molecule has 0 unspecified atom stereocenters. The molecule has 4 heteroatoms. The van der Waals surface area contributed by atoms with Crippen molar-refractivity contribution in [2.24, 2.45) is 10.9 Å². The third-order valence-corrected chi connectivity index (χ3v) is 1.57. The fourth-order valence-corrected chi connectivity index (χ4v) is 1.03. The highest BCUT2D eigenvalue weighted by Crippen LogP contribution is 2.05. The normalized spacial score (nSPS) is 11.7. The van der Waals surface area contributed by atoms with Crippen LogP contribution in [-0.2, 0) is 0 Å². The second-order valence-corrected chi connectivity index (χ2v) is 2.66. The molecule has 1 rings (SSSR count). The molecule has 0 amide bonds. The Morgan fingerprint density at radius 3 is 2.75 bits per heavy atom. The van der Waals surface area contributed by atoms with Crippen LogP contribution in [0.2, 0.25) is 0 Å². The number of hydrogen-bond acceptors (Lipinski definition) is 3. The maximum absolute atomic E-state index is 8.40. The second-order valence-electron chi connectivity index (χ2n) is 2.66. The lowest BCUT2D eigenvalue weighted by atomic mass is 10.1. The Labute approximate surface area is 70.7 Å². The summed E-state index contributed by atoms with van der Waals surface area (Å²) in [4.78, 5) is 4.03. The molecule has 1 aromatic heterocycles. The molecule has 0 aliphatic heterocycles. The Morgan fingerprint density at radius 2 is 2.25 bits per heavy atom. The number of pyridine rings is 1. The van der Waals surface area contributed by atoms with Crippen molar-refractivity contribution in [3.8, 4) is 0 Å². The minimum atomic E-state index is 0.0486. The first kappa shape index (κ1) is 8.52. The number of rotatable bonds is 1. The SMILES string of the molecule is Cc1cnc(C(N)=NO)c(C)c1. The van der Waals surface area contributed by atoms with Gasteiger partial charge in [0.15, 0.2) is 5.84 Å². The lowest BCUT2D eigenvalue weighted by Gasteiger charge is -2.02. The van der Waals surface area contributed by atoms with Crippen molar-refractivity contribution < 1.29 is 5.21 Å². The summed E-state index contributed by atoms with van der Waals surface area (Å²) >= 11 is 0. The molecule has 0 atom stereocenters. The van der Waals surface area contributed by atoms with Crippen molar-refractivity contribution in [3.05, 3.63) is 29.1 Å². The first-order valence-corrected chi connectivity index (χ1v) is 3.56. The maximum atomic E-state index is 8.40. The van der Waals surface area contributed by atoms with Crippen molar-refractivity contribution in [1.29, 1.82) is 0 Å². The number of hydrogen-bond donors (Lipinski definition) is 2. The number of nitrogens with zero attached hydrogens (tertiary/aromatic N) is 2. The molecule has 0 aromatic carbocycles. The van der Waals surface area contributed by atoms with Gasteiger partial charge in [0.25, 0.3) is 0 Å². The number of aromatic nitrogens is 1. The monoisotopic (exact) mass is 165 g/mol. The molecule has 64 valence electrons. The van der Waals surface area contributed by atoms with Gasteiger partial charge < -0.3 is 10.9 Å². The molecule has 0 saturated carbocycles. The lowest BCUT2D eigenvalue weighted by molar-refractivity contribution is 0.318. The van der Waals surface area contributed by atoms with Crippen LogP contribution >= 0.6 is 0 Å². The van der Waals surface area contributed by atoms with Gasteiger partial charge in [0.2, 0.25) is 0 Å². The molecule has 0 aliphatic rings. The van der Waals surface area contributed by atoms with E-state index in [9.17, 15) is 0 Å². The highest BCUT2D eigenvalue weighted by atomic mass is 16.4. The Hall–Kier alpha value is -1.58. The van der Waals surface area contributed by atoms with Crippen LogP contribution in [0.25, 0.3) is 0 Å². The van der Waals surface area contributed by atoms with E-state index >= 15 is 0 Å². The third kappa shape index (κ3) is 1.53. The van der Waals surface area contributed by atoms with Crippen LogP contribution < -0.4 is 5.73 Å². The topological polar surface area (TPSA) is 71.5 Å². The molecular formula is C8H11N3O. The van der Waals surface area contributed by atoms with Crippen LogP contribution in [0.15, 0.2) is 17.4 Å². The van der Waals surface area contributed by atoms with Gasteiger partial charge in [0.1, 0.15) is 5.69 Å². The third-order valence-electron chi connectivity index (χ3n) is 1.57. The number of oxime groups is 1. The zero-order valence-electron chi connectivity index (χ0n) is 7.07.